The van der Waals surface area contributed by atoms with Crippen molar-refractivity contribution in [1.29, 1.82) is 0 Å². The monoisotopic (exact) mass is 460 g/mol. The van der Waals surface area contributed by atoms with Gasteiger partial charge in [0.1, 0.15) is 5.82 Å². The lowest BCUT2D eigenvalue weighted by Gasteiger charge is -2.25. The average molecular weight is 461 g/mol. The maximum Gasteiger partial charge on any atom is 0.224 e. The third-order valence-corrected chi connectivity index (χ3v) is 5.82. The standard InChI is InChI=1S/C27H36N6O/c1-5-28-27-29-19-24(21-34)26(30-27)33(4)17-16-32(3)25-13-9-12-22(18-25)14-15-31(2)20-23-10-7-6-8-11-23/h6-13,18-19,21H,5,14-17,20H2,1-4H3,(H,28,29,30). The van der Waals surface area contributed by atoms with Crippen LogP contribution in [0.15, 0.2) is 60.8 Å². The summed E-state index contributed by atoms with van der Waals surface area (Å²) in [5.74, 6) is 1.18. The van der Waals surface area contributed by atoms with Crippen molar-refractivity contribution in [2.24, 2.45) is 0 Å². The van der Waals surface area contributed by atoms with Crippen LogP contribution in [0.5, 0.6) is 0 Å². The first-order valence-corrected chi connectivity index (χ1v) is 11.8. The summed E-state index contributed by atoms with van der Waals surface area (Å²) in [4.78, 5) is 26.8. The maximum atomic E-state index is 11.5. The highest BCUT2D eigenvalue weighted by molar-refractivity contribution is 5.82. The van der Waals surface area contributed by atoms with Crippen molar-refractivity contribution in [3.8, 4) is 0 Å². The van der Waals surface area contributed by atoms with E-state index in [4.69, 9.17) is 0 Å². The number of rotatable bonds is 13. The van der Waals surface area contributed by atoms with Crippen molar-refractivity contribution in [3.63, 3.8) is 0 Å². The van der Waals surface area contributed by atoms with Crippen LogP contribution in [-0.2, 0) is 13.0 Å². The van der Waals surface area contributed by atoms with Crippen LogP contribution in [0.1, 0.15) is 28.4 Å². The summed E-state index contributed by atoms with van der Waals surface area (Å²) in [6.07, 6.45) is 3.39. The smallest absolute Gasteiger partial charge is 0.224 e. The number of hydrogen-bond acceptors (Lipinski definition) is 7. The van der Waals surface area contributed by atoms with Gasteiger partial charge in [0.2, 0.25) is 5.95 Å². The van der Waals surface area contributed by atoms with Gasteiger partial charge in [0.05, 0.1) is 5.56 Å². The largest absolute Gasteiger partial charge is 0.373 e. The molecule has 7 nitrogen and oxygen atoms in total. The average Bonchev–Trinajstić information content (AvgIpc) is 2.86. The van der Waals surface area contributed by atoms with Crippen LogP contribution in [-0.4, -0.2) is 68.5 Å². The predicted octanol–water partition coefficient (Wildman–Crippen LogP) is 3.97. The highest BCUT2D eigenvalue weighted by Gasteiger charge is 2.12. The zero-order valence-corrected chi connectivity index (χ0v) is 20.7. The van der Waals surface area contributed by atoms with Crippen molar-refractivity contribution in [2.45, 2.75) is 19.9 Å². The summed E-state index contributed by atoms with van der Waals surface area (Å²) in [5.41, 5.74) is 4.34. The molecule has 0 saturated carbocycles. The number of hydrogen-bond donors (Lipinski definition) is 1. The molecule has 0 aliphatic heterocycles. The zero-order chi connectivity index (χ0) is 24.3. The number of nitrogens with one attached hydrogen (secondary N) is 1. The van der Waals surface area contributed by atoms with Gasteiger partial charge < -0.3 is 20.0 Å². The second kappa shape index (κ2) is 12.7. The molecule has 0 aliphatic rings. The van der Waals surface area contributed by atoms with E-state index in [0.717, 1.165) is 45.4 Å². The van der Waals surface area contributed by atoms with Gasteiger partial charge in [-0.2, -0.15) is 4.98 Å². The molecule has 1 N–H and O–H groups in total. The van der Waals surface area contributed by atoms with Crippen LogP contribution in [0.4, 0.5) is 17.5 Å². The van der Waals surface area contributed by atoms with E-state index in [9.17, 15) is 4.79 Å². The Morgan fingerprint density at radius 3 is 2.38 bits per heavy atom. The summed E-state index contributed by atoms with van der Waals surface area (Å²) < 4.78 is 0. The molecule has 1 aromatic heterocycles. The number of carbonyl (C=O) groups is 1. The Labute approximate surface area is 203 Å². The molecule has 0 aliphatic carbocycles. The maximum absolute atomic E-state index is 11.5. The van der Waals surface area contributed by atoms with Gasteiger partial charge in [-0.1, -0.05) is 42.5 Å². The molecule has 0 atom stereocenters. The Balaban J connectivity index is 1.55. The molecule has 0 fully saturated rings. The summed E-state index contributed by atoms with van der Waals surface area (Å²) in [5, 5.41) is 3.11. The molecule has 3 rings (SSSR count). The fourth-order valence-electron chi connectivity index (χ4n) is 3.79. The van der Waals surface area contributed by atoms with E-state index in [-0.39, 0.29) is 0 Å². The van der Waals surface area contributed by atoms with Crippen LogP contribution in [0, 0.1) is 0 Å². The Kier molecular flexibility index (Phi) is 9.40. The number of likely N-dealkylation sites (N-methyl/N-ethyl adjacent to an activating group) is 3. The van der Waals surface area contributed by atoms with Crippen LogP contribution < -0.4 is 15.1 Å². The van der Waals surface area contributed by atoms with E-state index in [2.05, 4.69) is 93.8 Å². The molecule has 34 heavy (non-hydrogen) atoms. The minimum Gasteiger partial charge on any atom is -0.373 e. The normalized spacial score (nSPS) is 10.9. The summed E-state index contributed by atoms with van der Waals surface area (Å²) in [6.45, 7) is 6.20. The van der Waals surface area contributed by atoms with Crippen LogP contribution in [0.25, 0.3) is 0 Å². The van der Waals surface area contributed by atoms with Gasteiger partial charge in [-0.15, -0.1) is 0 Å². The van der Waals surface area contributed by atoms with Gasteiger partial charge in [-0.25, -0.2) is 4.98 Å². The fraction of sp³-hybridized carbons (Fsp3) is 0.370. The highest BCUT2D eigenvalue weighted by Crippen LogP contribution is 2.18. The van der Waals surface area contributed by atoms with Gasteiger partial charge in [-0.05, 0) is 43.7 Å². The molecule has 180 valence electrons. The lowest BCUT2D eigenvalue weighted by atomic mass is 10.1. The first kappa shape index (κ1) is 25.2. The number of aromatic nitrogens is 2. The Bertz CT molecular complexity index is 1040. The van der Waals surface area contributed by atoms with Gasteiger partial charge in [0.15, 0.2) is 6.29 Å². The number of carbonyl (C=O) groups excluding carboxylic acids is 1. The summed E-state index contributed by atoms with van der Waals surface area (Å²) in [6, 6.07) is 19.3. The molecular weight excluding hydrogens is 424 g/mol. The molecular formula is C27H36N6O. The molecule has 0 amide bonds. The van der Waals surface area contributed by atoms with Crippen LogP contribution in [0.3, 0.4) is 0 Å². The first-order valence-electron chi connectivity index (χ1n) is 11.8. The molecule has 0 spiro atoms. The van der Waals surface area contributed by atoms with Crippen molar-refractivity contribution >= 4 is 23.7 Å². The number of aldehydes is 1. The van der Waals surface area contributed by atoms with E-state index >= 15 is 0 Å². The molecule has 0 bridgehead atoms. The molecule has 0 saturated heterocycles. The Morgan fingerprint density at radius 1 is 0.912 bits per heavy atom. The van der Waals surface area contributed by atoms with E-state index < -0.39 is 0 Å². The van der Waals surface area contributed by atoms with E-state index in [1.165, 1.54) is 16.8 Å². The molecule has 7 heteroatoms. The number of anilines is 3. The lowest BCUT2D eigenvalue weighted by Crippen LogP contribution is -2.32. The Morgan fingerprint density at radius 2 is 1.65 bits per heavy atom. The molecule has 3 aromatic rings. The zero-order valence-electron chi connectivity index (χ0n) is 20.7. The molecule has 0 radical (unpaired) electrons. The second-order valence-electron chi connectivity index (χ2n) is 8.61. The molecule has 1 heterocycles. The van der Waals surface area contributed by atoms with Gasteiger partial charge in [0, 0.05) is 58.7 Å². The quantitative estimate of drug-likeness (QED) is 0.387. The SMILES string of the molecule is CCNc1ncc(C=O)c(N(C)CCN(C)c2cccc(CCN(C)Cc3ccccc3)c2)n1. The van der Waals surface area contributed by atoms with E-state index in [0.29, 0.717) is 17.3 Å². The van der Waals surface area contributed by atoms with Crippen LogP contribution in [0.2, 0.25) is 0 Å². The minimum atomic E-state index is 0.494. The lowest BCUT2D eigenvalue weighted by molar-refractivity contribution is 0.112. The van der Waals surface area contributed by atoms with Crippen molar-refractivity contribution in [3.05, 3.63) is 77.5 Å². The summed E-state index contributed by atoms with van der Waals surface area (Å²) in [7, 11) is 6.22. The summed E-state index contributed by atoms with van der Waals surface area (Å²) >= 11 is 0. The minimum absolute atomic E-state index is 0.494. The van der Waals surface area contributed by atoms with Gasteiger partial charge in [0.25, 0.3) is 0 Å². The van der Waals surface area contributed by atoms with Crippen molar-refractivity contribution < 1.29 is 4.79 Å². The highest BCUT2D eigenvalue weighted by atomic mass is 16.1. The second-order valence-corrected chi connectivity index (χ2v) is 8.61. The first-order chi connectivity index (χ1) is 16.5. The van der Waals surface area contributed by atoms with E-state index in [1.54, 1.807) is 6.20 Å². The Hall–Kier alpha value is -3.45. The van der Waals surface area contributed by atoms with E-state index in [1.807, 2.05) is 18.9 Å². The molecule has 2 aromatic carbocycles. The predicted molar refractivity (Wildman–Crippen MR) is 141 cm³/mol. The number of nitrogens with zero attached hydrogens (tertiary/aromatic N) is 5. The number of benzene rings is 2. The third kappa shape index (κ3) is 7.28. The van der Waals surface area contributed by atoms with Gasteiger partial charge >= 0.3 is 0 Å². The topological polar surface area (TPSA) is 64.6 Å². The van der Waals surface area contributed by atoms with Crippen molar-refractivity contribution in [2.75, 3.05) is 62.4 Å². The fourth-order valence-corrected chi connectivity index (χ4v) is 3.79. The van der Waals surface area contributed by atoms with Crippen molar-refractivity contribution in [1.82, 2.24) is 14.9 Å². The van der Waals surface area contributed by atoms with Gasteiger partial charge in [-0.3, -0.25) is 4.79 Å². The molecule has 0 unspecified atom stereocenters. The van der Waals surface area contributed by atoms with Crippen LogP contribution >= 0.6 is 0 Å². The third-order valence-electron chi connectivity index (χ3n) is 5.82.